The SMILES string of the molecule is COc1ccc(-c2cn(CCN3CCC3)c(C3CCNCC3)n2)cc1Cl. The molecule has 2 aliphatic heterocycles. The van der Waals surface area contributed by atoms with E-state index in [4.69, 9.17) is 21.3 Å². The second-order valence-electron chi connectivity index (χ2n) is 7.25. The van der Waals surface area contributed by atoms with Gasteiger partial charge in [-0.25, -0.2) is 4.98 Å². The molecule has 1 aromatic carbocycles. The number of aromatic nitrogens is 2. The number of methoxy groups -OCH3 is 1. The van der Waals surface area contributed by atoms with Crippen molar-refractivity contribution in [2.24, 2.45) is 0 Å². The number of halogens is 1. The Morgan fingerprint density at radius 1 is 1.23 bits per heavy atom. The summed E-state index contributed by atoms with van der Waals surface area (Å²) in [4.78, 5) is 7.55. The minimum atomic E-state index is 0.537. The van der Waals surface area contributed by atoms with Gasteiger partial charge in [-0.1, -0.05) is 11.6 Å². The molecule has 2 aliphatic rings. The summed E-state index contributed by atoms with van der Waals surface area (Å²) in [6.45, 7) is 6.74. The summed E-state index contributed by atoms with van der Waals surface area (Å²) >= 11 is 6.33. The van der Waals surface area contributed by atoms with Gasteiger partial charge in [0.1, 0.15) is 11.6 Å². The third kappa shape index (κ3) is 3.75. The van der Waals surface area contributed by atoms with Gasteiger partial charge in [0.25, 0.3) is 0 Å². The van der Waals surface area contributed by atoms with Gasteiger partial charge in [-0.3, -0.25) is 0 Å². The van der Waals surface area contributed by atoms with E-state index < -0.39 is 0 Å². The van der Waals surface area contributed by atoms with Crippen molar-refractivity contribution in [3.8, 4) is 17.0 Å². The number of hydrogen-bond acceptors (Lipinski definition) is 4. The van der Waals surface area contributed by atoms with Crippen LogP contribution in [0.5, 0.6) is 5.75 Å². The second-order valence-corrected chi connectivity index (χ2v) is 7.65. The number of rotatable bonds is 6. The lowest BCUT2D eigenvalue weighted by molar-refractivity contribution is 0.173. The van der Waals surface area contributed by atoms with Gasteiger partial charge in [0.15, 0.2) is 0 Å². The molecule has 3 heterocycles. The zero-order valence-corrected chi connectivity index (χ0v) is 16.1. The van der Waals surface area contributed by atoms with Crippen LogP contribution in [0, 0.1) is 0 Å². The Hall–Kier alpha value is -1.56. The third-order valence-corrected chi connectivity index (χ3v) is 5.86. The van der Waals surface area contributed by atoms with Crippen LogP contribution in [0.2, 0.25) is 5.02 Å². The maximum absolute atomic E-state index is 6.33. The van der Waals surface area contributed by atoms with Crippen LogP contribution in [0.25, 0.3) is 11.3 Å². The van der Waals surface area contributed by atoms with E-state index in [1.54, 1.807) is 7.11 Å². The van der Waals surface area contributed by atoms with Crippen LogP contribution in [0.3, 0.4) is 0 Å². The predicted molar refractivity (Wildman–Crippen MR) is 105 cm³/mol. The molecule has 1 N–H and O–H groups in total. The minimum Gasteiger partial charge on any atom is -0.495 e. The smallest absolute Gasteiger partial charge is 0.137 e. The second kappa shape index (κ2) is 7.99. The first-order valence-corrected chi connectivity index (χ1v) is 9.96. The zero-order valence-electron chi connectivity index (χ0n) is 15.4. The summed E-state index contributed by atoms with van der Waals surface area (Å²) in [5, 5.41) is 4.08. The Bertz CT molecular complexity index is 750. The van der Waals surface area contributed by atoms with Crippen molar-refractivity contribution < 1.29 is 4.74 Å². The van der Waals surface area contributed by atoms with Crippen LogP contribution in [-0.2, 0) is 6.54 Å². The number of imidazole rings is 1. The van der Waals surface area contributed by atoms with E-state index in [2.05, 4.69) is 21.0 Å². The van der Waals surface area contributed by atoms with Gasteiger partial charge in [0.05, 0.1) is 17.8 Å². The van der Waals surface area contributed by atoms with E-state index >= 15 is 0 Å². The molecule has 0 radical (unpaired) electrons. The summed E-state index contributed by atoms with van der Waals surface area (Å²) in [7, 11) is 1.64. The normalized spacial score (nSPS) is 18.7. The lowest BCUT2D eigenvalue weighted by atomic mass is 9.97. The fraction of sp³-hybridized carbons (Fsp3) is 0.550. The highest BCUT2D eigenvalue weighted by molar-refractivity contribution is 6.32. The first-order valence-electron chi connectivity index (χ1n) is 9.58. The summed E-state index contributed by atoms with van der Waals surface area (Å²) in [5.74, 6) is 2.47. The summed E-state index contributed by atoms with van der Waals surface area (Å²) in [6.07, 6.45) is 5.85. The number of hydrogen-bond donors (Lipinski definition) is 1. The molecule has 0 unspecified atom stereocenters. The maximum atomic E-state index is 6.33. The van der Waals surface area contributed by atoms with E-state index in [0.717, 1.165) is 50.3 Å². The molecular weight excluding hydrogens is 348 g/mol. The van der Waals surface area contributed by atoms with Crippen LogP contribution in [0.1, 0.15) is 31.0 Å². The predicted octanol–water partition coefficient (Wildman–Crippen LogP) is 3.38. The van der Waals surface area contributed by atoms with Crippen molar-refractivity contribution >= 4 is 11.6 Å². The fourth-order valence-electron chi connectivity index (χ4n) is 3.83. The number of likely N-dealkylation sites (tertiary alicyclic amines) is 1. The highest BCUT2D eigenvalue weighted by Crippen LogP contribution is 2.32. The Morgan fingerprint density at radius 2 is 2.04 bits per heavy atom. The first kappa shape index (κ1) is 17.8. The van der Waals surface area contributed by atoms with Crippen molar-refractivity contribution in [2.45, 2.75) is 31.7 Å². The Kier molecular flexibility index (Phi) is 5.48. The number of nitrogens with zero attached hydrogens (tertiary/aromatic N) is 3. The maximum Gasteiger partial charge on any atom is 0.137 e. The molecule has 2 saturated heterocycles. The van der Waals surface area contributed by atoms with Crippen LogP contribution in [-0.4, -0.2) is 54.3 Å². The van der Waals surface area contributed by atoms with Crippen molar-refractivity contribution in [2.75, 3.05) is 39.8 Å². The van der Waals surface area contributed by atoms with Gasteiger partial charge in [-0.05, 0) is 63.6 Å². The van der Waals surface area contributed by atoms with E-state index in [9.17, 15) is 0 Å². The first-order chi connectivity index (χ1) is 12.7. The van der Waals surface area contributed by atoms with E-state index in [-0.39, 0.29) is 0 Å². The molecule has 140 valence electrons. The van der Waals surface area contributed by atoms with Gasteiger partial charge in [0, 0.05) is 30.8 Å². The molecule has 0 aliphatic carbocycles. The lowest BCUT2D eigenvalue weighted by Gasteiger charge is -2.31. The molecule has 2 fully saturated rings. The Morgan fingerprint density at radius 3 is 2.69 bits per heavy atom. The molecule has 4 rings (SSSR count). The molecule has 0 amide bonds. The van der Waals surface area contributed by atoms with Gasteiger partial charge in [-0.2, -0.15) is 0 Å². The van der Waals surface area contributed by atoms with E-state index in [1.165, 1.54) is 25.3 Å². The number of ether oxygens (including phenoxy) is 1. The van der Waals surface area contributed by atoms with Crippen LogP contribution in [0.15, 0.2) is 24.4 Å². The summed E-state index contributed by atoms with van der Waals surface area (Å²) < 4.78 is 7.65. The van der Waals surface area contributed by atoms with Crippen LogP contribution >= 0.6 is 11.6 Å². The summed E-state index contributed by atoms with van der Waals surface area (Å²) in [6, 6.07) is 5.91. The lowest BCUT2D eigenvalue weighted by Crippen LogP contribution is -2.39. The minimum absolute atomic E-state index is 0.537. The standard InChI is InChI=1S/C20H27ClN4O/c1-26-19-4-3-16(13-17(19)21)18-14-25(12-11-24-9-2-10-24)20(23-18)15-5-7-22-8-6-15/h3-4,13-15,22H,2,5-12H2,1H3. The summed E-state index contributed by atoms with van der Waals surface area (Å²) in [5.41, 5.74) is 2.06. The van der Waals surface area contributed by atoms with Gasteiger partial charge in [-0.15, -0.1) is 0 Å². The average Bonchev–Trinajstić information content (AvgIpc) is 3.05. The van der Waals surface area contributed by atoms with E-state index in [0.29, 0.717) is 16.7 Å². The van der Waals surface area contributed by atoms with Crippen molar-refractivity contribution in [3.05, 3.63) is 35.2 Å². The van der Waals surface area contributed by atoms with E-state index in [1.807, 2.05) is 18.2 Å². The number of piperidine rings is 1. The topological polar surface area (TPSA) is 42.3 Å². The molecule has 0 saturated carbocycles. The van der Waals surface area contributed by atoms with Gasteiger partial charge >= 0.3 is 0 Å². The van der Waals surface area contributed by atoms with Crippen molar-refractivity contribution in [3.63, 3.8) is 0 Å². The fourth-order valence-corrected chi connectivity index (χ4v) is 4.09. The molecule has 1 aromatic heterocycles. The van der Waals surface area contributed by atoms with Crippen LogP contribution < -0.4 is 10.1 Å². The monoisotopic (exact) mass is 374 g/mol. The molecule has 5 nitrogen and oxygen atoms in total. The molecule has 2 aromatic rings. The molecule has 26 heavy (non-hydrogen) atoms. The van der Waals surface area contributed by atoms with Crippen molar-refractivity contribution in [1.82, 2.24) is 19.8 Å². The molecule has 6 heteroatoms. The third-order valence-electron chi connectivity index (χ3n) is 5.57. The van der Waals surface area contributed by atoms with Crippen LogP contribution in [0.4, 0.5) is 0 Å². The highest BCUT2D eigenvalue weighted by atomic mass is 35.5. The quantitative estimate of drug-likeness (QED) is 0.841. The molecule has 0 atom stereocenters. The van der Waals surface area contributed by atoms with Gasteiger partial charge < -0.3 is 19.5 Å². The van der Waals surface area contributed by atoms with Crippen molar-refractivity contribution in [1.29, 1.82) is 0 Å². The Labute approximate surface area is 160 Å². The zero-order chi connectivity index (χ0) is 17.9. The Balaban J connectivity index is 1.61. The molecule has 0 bridgehead atoms. The molecular formula is C20H27ClN4O. The molecule has 0 spiro atoms. The van der Waals surface area contributed by atoms with Gasteiger partial charge in [0.2, 0.25) is 0 Å². The average molecular weight is 375 g/mol. The highest BCUT2D eigenvalue weighted by Gasteiger charge is 2.23. The largest absolute Gasteiger partial charge is 0.495 e. The number of nitrogens with one attached hydrogen (secondary N) is 1. The number of benzene rings is 1.